The van der Waals surface area contributed by atoms with Gasteiger partial charge in [0.05, 0.1) is 0 Å². The maximum absolute atomic E-state index is 4.32. The predicted octanol–water partition coefficient (Wildman–Crippen LogP) is 5.31. The van der Waals surface area contributed by atoms with Crippen molar-refractivity contribution in [3.05, 3.63) is 35.6 Å². The normalized spacial score (nSPS) is 23.4. The Balaban J connectivity index is 1.89. The summed E-state index contributed by atoms with van der Waals surface area (Å²) in [4.78, 5) is 2.51. The average Bonchev–Trinajstić information content (AvgIpc) is 3.27. The molecule has 0 aromatic heterocycles. The molecule has 0 radical (unpaired) electrons. The van der Waals surface area contributed by atoms with Crippen LogP contribution < -0.4 is 0 Å². The fraction of sp³-hybridized carbons (Fsp3) is 0.684. The van der Waals surface area contributed by atoms with E-state index in [2.05, 4.69) is 44.4 Å². The molecule has 1 atom stereocenters. The number of nitrogens with zero attached hydrogens (tertiary/aromatic N) is 1. The van der Waals surface area contributed by atoms with Crippen molar-refractivity contribution in [1.29, 1.82) is 0 Å². The van der Waals surface area contributed by atoms with Gasteiger partial charge in [-0.25, -0.2) is 0 Å². The predicted molar refractivity (Wildman–Crippen MR) is 88.6 cm³/mol. The van der Waals surface area contributed by atoms with Gasteiger partial charge in [-0.15, -0.1) is 0 Å². The lowest BCUT2D eigenvalue weighted by Gasteiger charge is -2.27. The van der Waals surface area contributed by atoms with E-state index in [0.717, 1.165) is 24.9 Å². The van der Waals surface area contributed by atoms with Crippen LogP contribution in [0.5, 0.6) is 0 Å². The van der Waals surface area contributed by atoms with Crippen molar-refractivity contribution < 1.29 is 0 Å². The van der Waals surface area contributed by atoms with Crippen LogP contribution in [-0.4, -0.2) is 18.0 Å². The highest BCUT2D eigenvalue weighted by atomic mass is 15.1. The van der Waals surface area contributed by atoms with E-state index in [4.69, 9.17) is 0 Å². The van der Waals surface area contributed by atoms with Gasteiger partial charge in [0.2, 0.25) is 0 Å². The zero-order chi connectivity index (χ0) is 14.5. The monoisotopic (exact) mass is 273 g/mol. The molecule has 1 fully saturated rings. The topological polar surface area (TPSA) is 3.24 Å². The van der Waals surface area contributed by atoms with Crippen molar-refractivity contribution in [2.75, 3.05) is 13.1 Å². The van der Waals surface area contributed by atoms with Crippen molar-refractivity contribution in [2.24, 2.45) is 11.8 Å². The molecule has 0 saturated heterocycles. The van der Waals surface area contributed by atoms with Gasteiger partial charge in [-0.05, 0) is 64.2 Å². The molecule has 112 valence electrons. The molecule has 1 saturated carbocycles. The molecule has 2 rings (SSSR count). The van der Waals surface area contributed by atoms with Crippen LogP contribution in [0.1, 0.15) is 59.3 Å². The molecule has 2 aliphatic carbocycles. The smallest absolute Gasteiger partial charge is 0.0359 e. The minimum Gasteiger partial charge on any atom is -0.371 e. The van der Waals surface area contributed by atoms with Crippen LogP contribution in [-0.2, 0) is 0 Å². The Morgan fingerprint density at radius 1 is 1.35 bits per heavy atom. The molecule has 0 bridgehead atoms. The molecule has 0 amide bonds. The van der Waals surface area contributed by atoms with Gasteiger partial charge in [0.15, 0.2) is 0 Å². The van der Waals surface area contributed by atoms with E-state index >= 15 is 0 Å². The Bertz CT molecular complexity index is 398. The molecule has 0 N–H and O–H groups in total. The van der Waals surface area contributed by atoms with Gasteiger partial charge in [0.1, 0.15) is 0 Å². The Labute approximate surface area is 125 Å². The zero-order valence-corrected chi connectivity index (χ0v) is 13.6. The molecule has 0 heterocycles. The third-order valence-electron chi connectivity index (χ3n) is 4.86. The van der Waals surface area contributed by atoms with Crippen LogP contribution in [0.4, 0.5) is 0 Å². The molecule has 1 heteroatoms. The van der Waals surface area contributed by atoms with E-state index in [0.29, 0.717) is 0 Å². The molecular formula is C19H31N. The lowest BCUT2D eigenvalue weighted by atomic mass is 9.85. The summed E-state index contributed by atoms with van der Waals surface area (Å²) in [6, 6.07) is 0. The van der Waals surface area contributed by atoms with Crippen LogP contribution in [0.2, 0.25) is 0 Å². The van der Waals surface area contributed by atoms with Crippen LogP contribution >= 0.6 is 0 Å². The molecule has 0 aliphatic heterocycles. The van der Waals surface area contributed by atoms with Gasteiger partial charge in [-0.1, -0.05) is 36.8 Å². The van der Waals surface area contributed by atoms with E-state index in [1.54, 1.807) is 11.1 Å². The van der Waals surface area contributed by atoms with E-state index in [1.165, 1.54) is 44.2 Å². The van der Waals surface area contributed by atoms with Crippen molar-refractivity contribution >= 4 is 0 Å². The van der Waals surface area contributed by atoms with Crippen LogP contribution in [0.15, 0.2) is 35.6 Å². The third kappa shape index (κ3) is 4.26. The molecule has 0 aromatic rings. The highest BCUT2D eigenvalue weighted by Gasteiger charge is 2.27. The second-order valence-electron chi connectivity index (χ2n) is 6.68. The third-order valence-corrected chi connectivity index (χ3v) is 4.86. The van der Waals surface area contributed by atoms with Crippen LogP contribution in [0.3, 0.4) is 0 Å². The molecular weight excluding hydrogens is 242 g/mol. The summed E-state index contributed by atoms with van der Waals surface area (Å²) >= 11 is 0. The zero-order valence-electron chi connectivity index (χ0n) is 13.6. The molecule has 2 aliphatic rings. The summed E-state index contributed by atoms with van der Waals surface area (Å²) < 4.78 is 0. The molecule has 1 unspecified atom stereocenters. The van der Waals surface area contributed by atoms with Gasteiger partial charge >= 0.3 is 0 Å². The Kier molecular flexibility index (Phi) is 5.51. The number of hydrogen-bond acceptors (Lipinski definition) is 1. The SMILES string of the molecule is C=C(C1CC1)N(C/C=C(/C)C1CC=C(C)CC1)CCC. The van der Waals surface area contributed by atoms with Crippen molar-refractivity contribution in [1.82, 2.24) is 4.90 Å². The van der Waals surface area contributed by atoms with Crippen molar-refractivity contribution in [3.63, 3.8) is 0 Å². The fourth-order valence-corrected chi connectivity index (χ4v) is 3.10. The second-order valence-corrected chi connectivity index (χ2v) is 6.68. The standard InChI is InChI=1S/C19H31N/c1-5-13-20(17(4)19-10-11-19)14-12-16(3)18-8-6-15(2)7-9-18/h6,12,18-19H,4-5,7-11,13-14H2,1-3H3/b16-12-. The van der Waals surface area contributed by atoms with Gasteiger partial charge < -0.3 is 4.90 Å². The van der Waals surface area contributed by atoms with E-state index < -0.39 is 0 Å². The van der Waals surface area contributed by atoms with Crippen LogP contribution in [0, 0.1) is 11.8 Å². The minimum absolute atomic E-state index is 0.774. The van der Waals surface area contributed by atoms with Gasteiger partial charge in [-0.2, -0.15) is 0 Å². The van der Waals surface area contributed by atoms with Crippen molar-refractivity contribution in [2.45, 2.75) is 59.3 Å². The molecule has 20 heavy (non-hydrogen) atoms. The number of rotatable bonds is 7. The first-order valence-electron chi connectivity index (χ1n) is 8.37. The first kappa shape index (κ1) is 15.4. The summed E-state index contributed by atoms with van der Waals surface area (Å²) in [6.07, 6.45) is 12.7. The van der Waals surface area contributed by atoms with E-state index in [9.17, 15) is 0 Å². The highest BCUT2D eigenvalue weighted by molar-refractivity contribution is 5.15. The summed E-state index contributed by atoms with van der Waals surface area (Å²) in [5, 5.41) is 0. The first-order valence-corrected chi connectivity index (χ1v) is 8.37. The van der Waals surface area contributed by atoms with Gasteiger partial charge in [-0.3, -0.25) is 0 Å². The lowest BCUT2D eigenvalue weighted by molar-refractivity contribution is 0.359. The Hall–Kier alpha value is -0.980. The lowest BCUT2D eigenvalue weighted by Crippen LogP contribution is -2.25. The molecule has 1 nitrogen and oxygen atoms in total. The Morgan fingerprint density at radius 2 is 2.10 bits per heavy atom. The highest BCUT2D eigenvalue weighted by Crippen LogP contribution is 2.37. The second kappa shape index (κ2) is 7.15. The number of allylic oxidation sites excluding steroid dienone is 4. The van der Waals surface area contributed by atoms with E-state index in [1.807, 2.05) is 0 Å². The van der Waals surface area contributed by atoms with Gasteiger partial charge in [0.25, 0.3) is 0 Å². The average molecular weight is 273 g/mol. The minimum atomic E-state index is 0.774. The summed E-state index contributed by atoms with van der Waals surface area (Å²) in [5.74, 6) is 1.56. The van der Waals surface area contributed by atoms with Crippen molar-refractivity contribution in [3.8, 4) is 0 Å². The van der Waals surface area contributed by atoms with Crippen LogP contribution in [0.25, 0.3) is 0 Å². The van der Waals surface area contributed by atoms with E-state index in [-0.39, 0.29) is 0 Å². The molecule has 0 aromatic carbocycles. The number of hydrogen-bond donors (Lipinski definition) is 0. The summed E-state index contributed by atoms with van der Waals surface area (Å²) in [6.45, 7) is 13.4. The summed E-state index contributed by atoms with van der Waals surface area (Å²) in [5.41, 5.74) is 4.54. The Morgan fingerprint density at radius 3 is 2.65 bits per heavy atom. The first-order chi connectivity index (χ1) is 9.61. The summed E-state index contributed by atoms with van der Waals surface area (Å²) in [7, 11) is 0. The maximum atomic E-state index is 4.32. The quantitative estimate of drug-likeness (QED) is 0.568. The maximum Gasteiger partial charge on any atom is 0.0359 e. The molecule has 0 spiro atoms. The fourth-order valence-electron chi connectivity index (χ4n) is 3.10. The largest absolute Gasteiger partial charge is 0.371 e. The van der Waals surface area contributed by atoms with Gasteiger partial charge in [0, 0.05) is 18.8 Å².